The van der Waals surface area contributed by atoms with E-state index in [1.54, 1.807) is 7.11 Å². The van der Waals surface area contributed by atoms with Crippen molar-refractivity contribution < 1.29 is 9.53 Å². The van der Waals surface area contributed by atoms with Crippen molar-refractivity contribution in [1.82, 2.24) is 0 Å². The van der Waals surface area contributed by atoms with Gasteiger partial charge in [-0.1, -0.05) is 18.1 Å². The topological polar surface area (TPSA) is 26.3 Å². The fourth-order valence-corrected chi connectivity index (χ4v) is 2.98. The minimum atomic E-state index is 0.415. The second kappa shape index (κ2) is 5.62. The predicted octanol–water partition coefficient (Wildman–Crippen LogP) is 3.26. The molecule has 16 heavy (non-hydrogen) atoms. The maximum atomic E-state index is 11.6. The minimum absolute atomic E-state index is 0.415. The van der Waals surface area contributed by atoms with Crippen LogP contribution in [0.1, 0.15) is 51.4 Å². The normalized spacial score (nSPS) is 32.1. The number of carbonyl (C=O) groups is 1. The summed E-state index contributed by atoms with van der Waals surface area (Å²) >= 11 is 0. The van der Waals surface area contributed by atoms with Crippen LogP contribution in [0.2, 0.25) is 0 Å². The van der Waals surface area contributed by atoms with E-state index in [4.69, 9.17) is 4.74 Å². The van der Waals surface area contributed by atoms with Crippen LogP contribution in [0.4, 0.5) is 0 Å². The first kappa shape index (κ1) is 11.8. The molecule has 0 amide bonds. The SMILES string of the molecule is COC1CCCC(C2=CCCCC(=O)C2)C1. The number of allylic oxidation sites excluding steroid dienone is 2. The highest BCUT2D eigenvalue weighted by molar-refractivity contribution is 5.81. The van der Waals surface area contributed by atoms with Gasteiger partial charge in [0.25, 0.3) is 0 Å². The monoisotopic (exact) mass is 222 g/mol. The molecule has 2 unspecified atom stereocenters. The van der Waals surface area contributed by atoms with Gasteiger partial charge in [0.1, 0.15) is 5.78 Å². The average molecular weight is 222 g/mol. The Morgan fingerprint density at radius 3 is 3.00 bits per heavy atom. The molecule has 0 aromatic heterocycles. The summed E-state index contributed by atoms with van der Waals surface area (Å²) in [5, 5.41) is 0. The molecule has 2 aliphatic carbocycles. The fourth-order valence-electron chi connectivity index (χ4n) is 2.98. The van der Waals surface area contributed by atoms with E-state index >= 15 is 0 Å². The Hall–Kier alpha value is -0.630. The van der Waals surface area contributed by atoms with Gasteiger partial charge < -0.3 is 4.74 Å². The highest BCUT2D eigenvalue weighted by Crippen LogP contribution is 2.34. The van der Waals surface area contributed by atoms with Gasteiger partial charge >= 0.3 is 0 Å². The number of Topliss-reactive ketones (excluding diaryl/α,β-unsaturated/α-hetero) is 1. The molecule has 0 aliphatic heterocycles. The molecule has 0 bridgehead atoms. The van der Waals surface area contributed by atoms with Gasteiger partial charge in [0, 0.05) is 20.0 Å². The molecule has 2 aliphatic rings. The lowest BCUT2D eigenvalue weighted by atomic mass is 9.80. The van der Waals surface area contributed by atoms with Crippen molar-refractivity contribution in [2.75, 3.05) is 7.11 Å². The standard InChI is InChI=1S/C14H22O2/c1-16-14-8-4-6-12(10-14)11-5-2-3-7-13(15)9-11/h5,12,14H,2-4,6-10H2,1H3. The Balaban J connectivity index is 1.99. The molecule has 0 aromatic rings. The van der Waals surface area contributed by atoms with Gasteiger partial charge in [0.15, 0.2) is 0 Å². The van der Waals surface area contributed by atoms with Crippen molar-refractivity contribution >= 4 is 5.78 Å². The number of carbonyl (C=O) groups excluding carboxylic acids is 1. The summed E-state index contributed by atoms with van der Waals surface area (Å²) < 4.78 is 5.46. The second-order valence-electron chi connectivity index (χ2n) is 5.11. The van der Waals surface area contributed by atoms with E-state index in [0.29, 0.717) is 24.2 Å². The quantitative estimate of drug-likeness (QED) is 0.670. The molecule has 0 saturated heterocycles. The Labute approximate surface area is 98.1 Å². The molecule has 2 nitrogen and oxygen atoms in total. The van der Waals surface area contributed by atoms with Crippen molar-refractivity contribution in [2.24, 2.45) is 5.92 Å². The Morgan fingerprint density at radius 2 is 2.19 bits per heavy atom. The first-order chi connectivity index (χ1) is 7.79. The van der Waals surface area contributed by atoms with Crippen LogP contribution >= 0.6 is 0 Å². The zero-order valence-corrected chi connectivity index (χ0v) is 10.2. The van der Waals surface area contributed by atoms with Crippen LogP contribution in [0.25, 0.3) is 0 Å². The third-order valence-electron chi connectivity index (χ3n) is 3.95. The summed E-state index contributed by atoms with van der Waals surface area (Å²) in [5.74, 6) is 1.05. The molecule has 0 heterocycles. The molecule has 2 heteroatoms. The highest BCUT2D eigenvalue weighted by atomic mass is 16.5. The summed E-state index contributed by atoms with van der Waals surface area (Å²) in [6, 6.07) is 0. The molecule has 0 spiro atoms. The number of methoxy groups -OCH3 is 1. The maximum Gasteiger partial charge on any atom is 0.136 e. The Morgan fingerprint density at radius 1 is 1.31 bits per heavy atom. The lowest BCUT2D eigenvalue weighted by Gasteiger charge is -2.29. The summed E-state index contributed by atoms with van der Waals surface area (Å²) in [7, 11) is 1.81. The Kier molecular flexibility index (Phi) is 4.16. The van der Waals surface area contributed by atoms with E-state index in [9.17, 15) is 4.79 Å². The minimum Gasteiger partial charge on any atom is -0.381 e. The van der Waals surface area contributed by atoms with Gasteiger partial charge in [-0.3, -0.25) is 4.79 Å². The van der Waals surface area contributed by atoms with Crippen molar-refractivity contribution in [1.29, 1.82) is 0 Å². The van der Waals surface area contributed by atoms with E-state index < -0.39 is 0 Å². The molecular formula is C14H22O2. The number of hydrogen-bond acceptors (Lipinski definition) is 2. The van der Waals surface area contributed by atoms with Crippen molar-refractivity contribution in [3.05, 3.63) is 11.6 Å². The van der Waals surface area contributed by atoms with E-state index in [1.807, 2.05) is 0 Å². The van der Waals surface area contributed by atoms with Crippen LogP contribution in [0, 0.1) is 5.92 Å². The maximum absolute atomic E-state index is 11.6. The van der Waals surface area contributed by atoms with E-state index in [1.165, 1.54) is 24.8 Å². The van der Waals surface area contributed by atoms with E-state index in [2.05, 4.69) is 6.08 Å². The highest BCUT2D eigenvalue weighted by Gasteiger charge is 2.26. The molecule has 1 saturated carbocycles. The summed E-state index contributed by atoms with van der Waals surface area (Å²) in [5.41, 5.74) is 1.41. The van der Waals surface area contributed by atoms with E-state index in [-0.39, 0.29) is 0 Å². The van der Waals surface area contributed by atoms with Crippen LogP contribution < -0.4 is 0 Å². The predicted molar refractivity (Wildman–Crippen MR) is 64.3 cm³/mol. The molecule has 90 valence electrons. The number of rotatable bonds is 2. The molecule has 0 aromatic carbocycles. The fraction of sp³-hybridized carbons (Fsp3) is 0.786. The van der Waals surface area contributed by atoms with Crippen LogP contribution in [0.5, 0.6) is 0 Å². The lowest BCUT2D eigenvalue weighted by molar-refractivity contribution is -0.118. The van der Waals surface area contributed by atoms with Gasteiger partial charge in [-0.25, -0.2) is 0 Å². The van der Waals surface area contributed by atoms with Gasteiger partial charge in [-0.2, -0.15) is 0 Å². The third kappa shape index (κ3) is 2.94. The molecular weight excluding hydrogens is 200 g/mol. The summed E-state index contributed by atoms with van der Waals surface area (Å²) in [6.45, 7) is 0. The van der Waals surface area contributed by atoms with E-state index in [0.717, 1.165) is 25.7 Å². The van der Waals surface area contributed by atoms with Crippen LogP contribution in [0.3, 0.4) is 0 Å². The number of hydrogen-bond donors (Lipinski definition) is 0. The van der Waals surface area contributed by atoms with Gasteiger partial charge in [-0.05, 0) is 38.0 Å². The van der Waals surface area contributed by atoms with Gasteiger partial charge in [0.05, 0.1) is 6.10 Å². The van der Waals surface area contributed by atoms with Gasteiger partial charge in [-0.15, -0.1) is 0 Å². The molecule has 2 rings (SSSR count). The van der Waals surface area contributed by atoms with Crippen LogP contribution in [-0.2, 0) is 9.53 Å². The smallest absolute Gasteiger partial charge is 0.136 e. The number of ketones is 1. The third-order valence-corrected chi connectivity index (χ3v) is 3.95. The average Bonchev–Trinajstić information content (AvgIpc) is 2.54. The largest absolute Gasteiger partial charge is 0.381 e. The first-order valence-corrected chi connectivity index (χ1v) is 6.53. The molecule has 1 fully saturated rings. The first-order valence-electron chi connectivity index (χ1n) is 6.53. The number of ether oxygens (including phenoxy) is 1. The zero-order chi connectivity index (χ0) is 11.4. The molecule has 2 atom stereocenters. The second-order valence-corrected chi connectivity index (χ2v) is 5.11. The summed E-state index contributed by atoms with van der Waals surface area (Å²) in [4.78, 5) is 11.6. The molecule has 0 radical (unpaired) electrons. The lowest BCUT2D eigenvalue weighted by Crippen LogP contribution is -2.23. The summed E-state index contributed by atoms with van der Waals surface area (Å²) in [6.07, 6.45) is 11.2. The molecule has 0 N–H and O–H groups in total. The van der Waals surface area contributed by atoms with Crippen molar-refractivity contribution in [3.8, 4) is 0 Å². The van der Waals surface area contributed by atoms with Crippen molar-refractivity contribution in [2.45, 2.75) is 57.5 Å². The Bertz CT molecular complexity index is 280. The van der Waals surface area contributed by atoms with Gasteiger partial charge in [0.2, 0.25) is 0 Å². The van der Waals surface area contributed by atoms with Crippen LogP contribution in [-0.4, -0.2) is 19.0 Å². The van der Waals surface area contributed by atoms with Crippen LogP contribution in [0.15, 0.2) is 11.6 Å². The zero-order valence-electron chi connectivity index (χ0n) is 10.2. The van der Waals surface area contributed by atoms with Crippen molar-refractivity contribution in [3.63, 3.8) is 0 Å².